The highest BCUT2D eigenvalue weighted by molar-refractivity contribution is 7.91. The molecule has 2 rings (SSSR count). The van der Waals surface area contributed by atoms with E-state index >= 15 is 0 Å². The molecule has 0 fully saturated rings. The Morgan fingerprint density at radius 2 is 1.70 bits per heavy atom. The first-order valence-electron chi connectivity index (χ1n) is 6.00. The topological polar surface area (TPSA) is 122 Å². The zero-order valence-corrected chi connectivity index (χ0v) is 12.8. The van der Waals surface area contributed by atoms with Gasteiger partial charge in [0.1, 0.15) is 5.76 Å². The van der Waals surface area contributed by atoms with Crippen LogP contribution in [0.1, 0.15) is 5.56 Å². The minimum absolute atomic E-state index is 0.143. The Kier molecular flexibility index (Phi) is 4.57. The van der Waals surface area contributed by atoms with E-state index in [0.717, 1.165) is 12.3 Å². The van der Waals surface area contributed by atoms with Gasteiger partial charge in [0.15, 0.2) is 0 Å². The van der Waals surface area contributed by atoms with Gasteiger partial charge in [0.05, 0.1) is 16.7 Å². The van der Waals surface area contributed by atoms with Gasteiger partial charge in [0.25, 0.3) is 5.78 Å². The van der Waals surface area contributed by atoms with Crippen LogP contribution in [-0.4, -0.2) is 30.4 Å². The van der Waals surface area contributed by atoms with Gasteiger partial charge in [-0.05, 0) is 30.3 Å². The molecule has 120 valence electrons. The number of sulfone groups is 1. The van der Waals surface area contributed by atoms with Gasteiger partial charge in [-0.1, -0.05) is 11.6 Å². The first kappa shape index (κ1) is 16.8. The molecule has 0 radical (unpaired) electrons. The van der Waals surface area contributed by atoms with Gasteiger partial charge >= 0.3 is 5.97 Å². The fourth-order valence-electron chi connectivity index (χ4n) is 1.68. The van der Waals surface area contributed by atoms with E-state index in [9.17, 15) is 23.1 Å². The summed E-state index contributed by atoms with van der Waals surface area (Å²) in [7, 11) is -4.13. The first-order valence-corrected chi connectivity index (χ1v) is 7.86. The number of hydrogen-bond donors (Lipinski definition) is 2. The number of aliphatic hydroxyl groups excluding tert-OH is 1. The molecule has 0 spiro atoms. The lowest BCUT2D eigenvalue weighted by Gasteiger charge is -2.04. The molecule has 1 aromatic heterocycles. The van der Waals surface area contributed by atoms with Crippen LogP contribution in [0.25, 0.3) is 5.76 Å². The third-order valence-electron chi connectivity index (χ3n) is 2.75. The molecule has 0 saturated heterocycles. The lowest BCUT2D eigenvalue weighted by molar-refractivity contribution is -0.146. The number of carbonyl (C=O) groups excluding carboxylic acids is 1. The number of carbonyl (C=O) groups is 2. The fourth-order valence-corrected chi connectivity index (χ4v) is 3.16. The second kappa shape index (κ2) is 6.27. The number of carboxylic acid groups (broad SMARTS) is 1. The van der Waals surface area contributed by atoms with Crippen LogP contribution in [0.3, 0.4) is 0 Å². The molecule has 0 unspecified atom stereocenters. The fraction of sp³-hybridized carbons (Fsp3) is 0. The SMILES string of the molecule is O=C(O)C(=O)C=C(O)c1ccoc1S(=O)(=O)c1ccc(Cl)cc1. The molecule has 0 atom stereocenters. The third-order valence-corrected chi connectivity index (χ3v) is 4.70. The number of furan rings is 1. The van der Waals surface area contributed by atoms with Crippen molar-refractivity contribution >= 4 is 38.9 Å². The molecule has 2 N–H and O–H groups in total. The summed E-state index contributed by atoms with van der Waals surface area (Å²) in [5.74, 6) is -4.03. The van der Waals surface area contributed by atoms with Crippen molar-refractivity contribution < 1.29 is 32.6 Å². The molecule has 0 bridgehead atoms. The molecular formula is C14H9ClO7S. The highest BCUT2D eigenvalue weighted by Crippen LogP contribution is 2.29. The molecule has 0 amide bonds. The molecule has 0 aliphatic rings. The molecule has 2 aromatic rings. The van der Waals surface area contributed by atoms with Crippen LogP contribution in [0.5, 0.6) is 0 Å². The van der Waals surface area contributed by atoms with Crippen LogP contribution in [0.4, 0.5) is 0 Å². The van der Waals surface area contributed by atoms with Crippen molar-refractivity contribution in [1.82, 2.24) is 0 Å². The van der Waals surface area contributed by atoms with Gasteiger partial charge < -0.3 is 14.6 Å². The molecule has 0 saturated carbocycles. The van der Waals surface area contributed by atoms with Gasteiger partial charge in [-0.3, -0.25) is 4.79 Å². The molecule has 7 nitrogen and oxygen atoms in total. The maximum absolute atomic E-state index is 12.5. The summed E-state index contributed by atoms with van der Waals surface area (Å²) >= 11 is 5.69. The maximum atomic E-state index is 12.5. The average Bonchev–Trinajstić information content (AvgIpc) is 2.97. The third kappa shape index (κ3) is 3.43. The molecule has 23 heavy (non-hydrogen) atoms. The Morgan fingerprint density at radius 1 is 1.09 bits per heavy atom. The summed E-state index contributed by atoms with van der Waals surface area (Å²) in [6.45, 7) is 0. The van der Waals surface area contributed by atoms with E-state index in [1.165, 1.54) is 24.3 Å². The maximum Gasteiger partial charge on any atom is 0.376 e. The van der Waals surface area contributed by atoms with Crippen molar-refractivity contribution in [1.29, 1.82) is 0 Å². The predicted molar refractivity (Wildman–Crippen MR) is 78.9 cm³/mol. The van der Waals surface area contributed by atoms with E-state index in [2.05, 4.69) is 0 Å². The van der Waals surface area contributed by atoms with Gasteiger partial charge in [0, 0.05) is 11.1 Å². The number of benzene rings is 1. The lowest BCUT2D eigenvalue weighted by Crippen LogP contribution is -2.10. The van der Waals surface area contributed by atoms with Crippen molar-refractivity contribution in [3.63, 3.8) is 0 Å². The summed E-state index contributed by atoms with van der Waals surface area (Å²) in [6.07, 6.45) is 1.39. The Hall–Kier alpha value is -2.58. The van der Waals surface area contributed by atoms with Crippen molar-refractivity contribution in [3.05, 3.63) is 53.3 Å². The van der Waals surface area contributed by atoms with E-state index in [-0.39, 0.29) is 10.5 Å². The minimum atomic E-state index is -4.13. The van der Waals surface area contributed by atoms with Gasteiger partial charge in [0.2, 0.25) is 14.9 Å². The molecular weight excluding hydrogens is 348 g/mol. The average molecular weight is 357 g/mol. The van der Waals surface area contributed by atoms with E-state index in [4.69, 9.17) is 21.1 Å². The summed E-state index contributed by atoms with van der Waals surface area (Å²) in [6, 6.07) is 6.31. The van der Waals surface area contributed by atoms with Gasteiger partial charge in [-0.2, -0.15) is 0 Å². The number of halogens is 1. The normalized spacial score (nSPS) is 12.1. The molecule has 1 heterocycles. The first-order chi connectivity index (χ1) is 10.7. The van der Waals surface area contributed by atoms with E-state index in [1.54, 1.807) is 0 Å². The van der Waals surface area contributed by atoms with Crippen molar-refractivity contribution in [2.45, 2.75) is 9.99 Å². The van der Waals surface area contributed by atoms with Gasteiger partial charge in [-0.15, -0.1) is 0 Å². The van der Waals surface area contributed by atoms with Gasteiger partial charge in [-0.25, -0.2) is 13.2 Å². The van der Waals surface area contributed by atoms with Crippen LogP contribution >= 0.6 is 11.6 Å². The number of aliphatic hydroxyl groups is 1. The quantitative estimate of drug-likeness (QED) is 0.479. The zero-order valence-electron chi connectivity index (χ0n) is 11.3. The summed E-state index contributed by atoms with van der Waals surface area (Å²) in [5, 5.41) is 18.0. The van der Waals surface area contributed by atoms with Crippen LogP contribution in [0, 0.1) is 0 Å². The Labute approximate surface area is 135 Å². The van der Waals surface area contributed by atoms with Crippen LogP contribution in [0.15, 0.2) is 57.1 Å². The van der Waals surface area contributed by atoms with Crippen molar-refractivity contribution in [2.75, 3.05) is 0 Å². The number of aliphatic carboxylic acids is 1. The molecule has 0 aliphatic carbocycles. The summed E-state index contributed by atoms with van der Waals surface area (Å²) < 4.78 is 29.8. The molecule has 9 heteroatoms. The van der Waals surface area contributed by atoms with Crippen molar-refractivity contribution in [3.8, 4) is 0 Å². The molecule has 1 aromatic carbocycles. The zero-order chi connectivity index (χ0) is 17.2. The van der Waals surface area contributed by atoms with E-state index < -0.39 is 32.4 Å². The van der Waals surface area contributed by atoms with E-state index in [1.807, 2.05) is 0 Å². The number of ketones is 1. The second-order valence-electron chi connectivity index (χ2n) is 4.28. The highest BCUT2D eigenvalue weighted by Gasteiger charge is 2.27. The standard InChI is InChI=1S/C14H9ClO7S/c15-8-1-3-9(4-2-8)23(20,21)14-10(5-6-22-14)11(16)7-12(17)13(18)19/h1-7,16H,(H,18,19). The van der Waals surface area contributed by atoms with Crippen molar-refractivity contribution in [2.24, 2.45) is 0 Å². The van der Waals surface area contributed by atoms with Crippen LogP contribution < -0.4 is 0 Å². The smallest absolute Gasteiger partial charge is 0.376 e. The van der Waals surface area contributed by atoms with Crippen LogP contribution in [0.2, 0.25) is 5.02 Å². The number of rotatable bonds is 5. The Balaban J connectivity index is 2.51. The Morgan fingerprint density at radius 3 is 2.26 bits per heavy atom. The highest BCUT2D eigenvalue weighted by atomic mass is 35.5. The van der Waals surface area contributed by atoms with Crippen LogP contribution in [-0.2, 0) is 19.4 Å². The molecule has 0 aliphatic heterocycles. The Bertz CT molecular complexity index is 891. The second-order valence-corrected chi connectivity index (χ2v) is 6.56. The predicted octanol–water partition coefficient (Wildman–Crippen LogP) is 2.32. The summed E-state index contributed by atoms with van der Waals surface area (Å²) in [5.41, 5.74) is -0.324. The number of carboxylic acids is 1. The lowest BCUT2D eigenvalue weighted by atomic mass is 10.2. The van der Waals surface area contributed by atoms with E-state index in [0.29, 0.717) is 11.1 Å². The summed E-state index contributed by atoms with van der Waals surface area (Å²) in [4.78, 5) is 21.4. The monoisotopic (exact) mass is 356 g/mol. The number of hydrogen-bond acceptors (Lipinski definition) is 6. The minimum Gasteiger partial charge on any atom is -0.507 e. The largest absolute Gasteiger partial charge is 0.507 e.